The maximum atomic E-state index is 11.6. The predicted octanol–water partition coefficient (Wildman–Crippen LogP) is 0.212. The van der Waals surface area contributed by atoms with Gasteiger partial charge in [-0.2, -0.15) is 0 Å². The Kier molecular flexibility index (Phi) is 6.75. The normalized spacial score (nSPS) is 25.7. The molecule has 1 fully saturated rings. The maximum Gasteiger partial charge on any atom is 0.219 e. The van der Waals surface area contributed by atoms with Gasteiger partial charge in [-0.15, -0.1) is 0 Å². The maximum absolute atomic E-state index is 11.6. The van der Waals surface area contributed by atoms with Gasteiger partial charge >= 0.3 is 0 Å². The molecule has 0 saturated carbocycles. The van der Waals surface area contributed by atoms with Crippen molar-refractivity contribution in [1.29, 1.82) is 0 Å². The summed E-state index contributed by atoms with van der Waals surface area (Å²) in [5.74, 6) is 0.655. The first-order chi connectivity index (χ1) is 8.93. The molecule has 3 atom stereocenters. The van der Waals surface area contributed by atoms with E-state index in [1.54, 1.807) is 6.92 Å². The van der Waals surface area contributed by atoms with Gasteiger partial charge in [-0.25, -0.2) is 0 Å². The van der Waals surface area contributed by atoms with Crippen molar-refractivity contribution < 1.29 is 15.0 Å². The summed E-state index contributed by atoms with van der Waals surface area (Å²) in [4.78, 5) is 13.4. The third-order valence-corrected chi connectivity index (χ3v) is 3.87. The summed E-state index contributed by atoms with van der Waals surface area (Å²) in [6, 6.07) is 0.217. The minimum atomic E-state index is -0.310. The van der Waals surface area contributed by atoms with Crippen LogP contribution in [-0.4, -0.2) is 59.4 Å². The predicted molar refractivity (Wildman–Crippen MR) is 74.7 cm³/mol. The molecule has 0 aromatic heterocycles. The van der Waals surface area contributed by atoms with Gasteiger partial charge in [-0.1, -0.05) is 13.8 Å². The van der Waals surface area contributed by atoms with Crippen molar-refractivity contribution in [1.82, 2.24) is 10.2 Å². The standard InChI is InChI=1S/C14H28N2O3/c1-10(2)14(19)7-12-6-13(15-4-5-17)9-16(8-12)11(3)18/h10,12-15,17,19H,4-9H2,1-3H3. The number of nitrogens with one attached hydrogen (secondary N) is 1. The number of likely N-dealkylation sites (tertiary alicyclic amines) is 1. The molecule has 1 rings (SSSR count). The molecule has 1 amide bonds. The first-order valence-corrected chi connectivity index (χ1v) is 7.21. The zero-order valence-corrected chi connectivity index (χ0v) is 12.3. The monoisotopic (exact) mass is 272 g/mol. The average molecular weight is 272 g/mol. The van der Waals surface area contributed by atoms with Crippen LogP contribution in [-0.2, 0) is 4.79 Å². The van der Waals surface area contributed by atoms with E-state index in [1.165, 1.54) is 0 Å². The second kappa shape index (κ2) is 7.82. The molecule has 19 heavy (non-hydrogen) atoms. The van der Waals surface area contributed by atoms with Crippen molar-refractivity contribution in [2.24, 2.45) is 11.8 Å². The fraction of sp³-hybridized carbons (Fsp3) is 0.929. The molecule has 0 bridgehead atoms. The SMILES string of the molecule is CC(=O)N1CC(CC(O)C(C)C)CC(NCCO)C1. The molecule has 0 radical (unpaired) electrons. The summed E-state index contributed by atoms with van der Waals surface area (Å²) in [7, 11) is 0. The van der Waals surface area contributed by atoms with Crippen LogP contribution in [0.1, 0.15) is 33.6 Å². The lowest BCUT2D eigenvalue weighted by atomic mass is 9.86. The van der Waals surface area contributed by atoms with Gasteiger partial charge in [-0.05, 0) is 24.7 Å². The Morgan fingerprint density at radius 1 is 1.42 bits per heavy atom. The number of carbonyl (C=O) groups is 1. The Labute approximate surface area is 116 Å². The van der Waals surface area contributed by atoms with E-state index in [2.05, 4.69) is 5.32 Å². The highest BCUT2D eigenvalue weighted by atomic mass is 16.3. The number of amides is 1. The van der Waals surface area contributed by atoms with Gasteiger partial charge in [0.25, 0.3) is 0 Å². The molecule has 0 aromatic rings. The smallest absolute Gasteiger partial charge is 0.219 e. The van der Waals surface area contributed by atoms with E-state index in [1.807, 2.05) is 18.7 Å². The highest BCUT2D eigenvalue weighted by Crippen LogP contribution is 2.23. The van der Waals surface area contributed by atoms with E-state index < -0.39 is 0 Å². The van der Waals surface area contributed by atoms with Crippen molar-refractivity contribution in [3.8, 4) is 0 Å². The number of nitrogens with zero attached hydrogens (tertiary/aromatic N) is 1. The molecule has 112 valence electrons. The molecule has 1 aliphatic rings. The van der Waals surface area contributed by atoms with Crippen LogP contribution in [0.25, 0.3) is 0 Å². The Morgan fingerprint density at radius 3 is 2.63 bits per heavy atom. The lowest BCUT2D eigenvalue weighted by Gasteiger charge is -2.38. The van der Waals surface area contributed by atoms with Crippen LogP contribution >= 0.6 is 0 Å². The Balaban J connectivity index is 2.56. The van der Waals surface area contributed by atoms with E-state index >= 15 is 0 Å². The van der Waals surface area contributed by atoms with Crippen molar-refractivity contribution >= 4 is 5.91 Å². The Bertz CT molecular complexity index is 284. The number of aliphatic hydroxyl groups excluding tert-OH is 2. The molecule has 5 nitrogen and oxygen atoms in total. The van der Waals surface area contributed by atoms with Gasteiger partial charge in [0, 0.05) is 32.6 Å². The quantitative estimate of drug-likeness (QED) is 0.646. The highest BCUT2D eigenvalue weighted by molar-refractivity contribution is 5.73. The van der Waals surface area contributed by atoms with Crippen LogP contribution in [0.5, 0.6) is 0 Å². The third-order valence-electron chi connectivity index (χ3n) is 3.87. The molecule has 1 saturated heterocycles. The topological polar surface area (TPSA) is 72.8 Å². The van der Waals surface area contributed by atoms with Gasteiger partial charge in [0.05, 0.1) is 12.7 Å². The molecule has 5 heteroatoms. The van der Waals surface area contributed by atoms with Crippen molar-refractivity contribution in [2.75, 3.05) is 26.2 Å². The molecular weight excluding hydrogens is 244 g/mol. The fourth-order valence-electron chi connectivity index (χ4n) is 2.66. The first kappa shape index (κ1) is 16.4. The molecular formula is C14H28N2O3. The second-order valence-corrected chi connectivity index (χ2v) is 5.95. The van der Waals surface area contributed by atoms with Crippen LogP contribution in [0.2, 0.25) is 0 Å². The summed E-state index contributed by atoms with van der Waals surface area (Å²) in [6.45, 7) is 7.70. The first-order valence-electron chi connectivity index (χ1n) is 7.21. The molecule has 3 unspecified atom stereocenters. The third kappa shape index (κ3) is 5.47. The van der Waals surface area contributed by atoms with Gasteiger partial charge in [0.15, 0.2) is 0 Å². The van der Waals surface area contributed by atoms with Gasteiger partial charge in [0.2, 0.25) is 5.91 Å². The van der Waals surface area contributed by atoms with E-state index in [-0.39, 0.29) is 30.6 Å². The molecule has 3 N–H and O–H groups in total. The lowest BCUT2D eigenvalue weighted by Crippen LogP contribution is -2.51. The largest absolute Gasteiger partial charge is 0.395 e. The molecule has 1 aliphatic heterocycles. The number of aliphatic hydroxyl groups is 2. The molecule has 0 aromatic carbocycles. The van der Waals surface area contributed by atoms with Crippen molar-refractivity contribution in [3.63, 3.8) is 0 Å². The van der Waals surface area contributed by atoms with E-state index in [4.69, 9.17) is 5.11 Å². The number of carbonyl (C=O) groups excluding carboxylic acids is 1. The van der Waals surface area contributed by atoms with E-state index in [0.717, 1.165) is 19.4 Å². The molecule has 0 spiro atoms. The van der Waals surface area contributed by atoms with Gasteiger partial charge in [0.1, 0.15) is 0 Å². The zero-order chi connectivity index (χ0) is 14.4. The van der Waals surface area contributed by atoms with Crippen LogP contribution < -0.4 is 5.32 Å². The van der Waals surface area contributed by atoms with Crippen LogP contribution in [0, 0.1) is 11.8 Å². The summed E-state index contributed by atoms with van der Waals surface area (Å²) in [5.41, 5.74) is 0. The number of hydrogen-bond acceptors (Lipinski definition) is 4. The molecule has 0 aliphatic carbocycles. The Hall–Kier alpha value is -0.650. The van der Waals surface area contributed by atoms with Crippen LogP contribution in [0.15, 0.2) is 0 Å². The fourth-order valence-corrected chi connectivity index (χ4v) is 2.66. The number of piperidine rings is 1. The summed E-state index contributed by atoms with van der Waals surface area (Å²) in [5, 5.41) is 22.1. The minimum Gasteiger partial charge on any atom is -0.395 e. The number of rotatable bonds is 6. The Morgan fingerprint density at radius 2 is 2.11 bits per heavy atom. The van der Waals surface area contributed by atoms with Crippen molar-refractivity contribution in [2.45, 2.75) is 45.8 Å². The van der Waals surface area contributed by atoms with Crippen LogP contribution in [0.3, 0.4) is 0 Å². The number of hydrogen-bond donors (Lipinski definition) is 3. The van der Waals surface area contributed by atoms with Gasteiger partial charge < -0.3 is 20.4 Å². The molecule has 1 heterocycles. The summed E-state index contributed by atoms with van der Waals surface area (Å²) in [6.07, 6.45) is 1.38. The second-order valence-electron chi connectivity index (χ2n) is 5.95. The van der Waals surface area contributed by atoms with E-state index in [0.29, 0.717) is 19.0 Å². The summed E-state index contributed by atoms with van der Waals surface area (Å²) < 4.78 is 0. The minimum absolute atomic E-state index is 0.0829. The van der Waals surface area contributed by atoms with Crippen LogP contribution in [0.4, 0.5) is 0 Å². The van der Waals surface area contributed by atoms with Gasteiger partial charge in [-0.3, -0.25) is 4.79 Å². The van der Waals surface area contributed by atoms with Crippen molar-refractivity contribution in [3.05, 3.63) is 0 Å². The average Bonchev–Trinajstić information content (AvgIpc) is 2.35. The summed E-state index contributed by atoms with van der Waals surface area (Å²) >= 11 is 0. The van der Waals surface area contributed by atoms with E-state index in [9.17, 15) is 9.90 Å². The highest BCUT2D eigenvalue weighted by Gasteiger charge is 2.30. The lowest BCUT2D eigenvalue weighted by molar-refractivity contribution is -0.131. The zero-order valence-electron chi connectivity index (χ0n) is 12.3.